The molecule has 2 N–H and O–H groups in total. The molecule has 1 aliphatic rings. The first kappa shape index (κ1) is 23.7. The monoisotopic (exact) mass is 432 g/mol. The minimum absolute atomic E-state index is 0. The fourth-order valence-electron chi connectivity index (χ4n) is 4.12. The molecule has 0 aliphatic carbocycles. The molecule has 3 rings (SSSR count). The Balaban J connectivity index is 0.00000320. The second kappa shape index (κ2) is 10.5. The Hall–Kier alpha value is -2.57. The number of aromatic carboxylic acids is 1. The van der Waals surface area contributed by atoms with Crippen molar-refractivity contribution in [2.45, 2.75) is 38.0 Å². The molecule has 1 heterocycles. The Labute approximate surface area is 183 Å². The van der Waals surface area contributed by atoms with Gasteiger partial charge in [-0.2, -0.15) is 0 Å². The molecule has 1 amide bonds. The van der Waals surface area contributed by atoms with Gasteiger partial charge in [0.2, 0.25) is 0 Å². The standard InChI is InChI=1S/C23H28N2O4.ClH/c1-3-23(12-4-5-13-25(2)16-23)18-9-7-11-20(15-18)29-22(28)24-19-10-6-8-17(14-19)21(26)27;/h6-11,14-15H,3-5,12-13,16H2,1-2H3,(H,24,28)(H,26,27);1H. The summed E-state index contributed by atoms with van der Waals surface area (Å²) < 4.78 is 5.49. The number of rotatable bonds is 5. The average Bonchev–Trinajstić information content (AvgIpc) is 2.90. The summed E-state index contributed by atoms with van der Waals surface area (Å²) in [6, 6.07) is 13.8. The summed E-state index contributed by atoms with van der Waals surface area (Å²) in [5.41, 5.74) is 1.72. The number of likely N-dealkylation sites (N-methyl/N-ethyl adjacent to an activating group) is 1. The Morgan fingerprint density at radius 1 is 1.17 bits per heavy atom. The lowest BCUT2D eigenvalue weighted by Crippen LogP contribution is -2.37. The van der Waals surface area contributed by atoms with Crippen molar-refractivity contribution < 1.29 is 19.4 Å². The third-order valence-corrected chi connectivity index (χ3v) is 5.71. The van der Waals surface area contributed by atoms with Gasteiger partial charge in [-0.1, -0.05) is 31.5 Å². The highest BCUT2D eigenvalue weighted by atomic mass is 35.5. The molecule has 2 aromatic rings. The lowest BCUT2D eigenvalue weighted by atomic mass is 9.74. The van der Waals surface area contributed by atoms with Crippen molar-refractivity contribution in [3.63, 3.8) is 0 Å². The average molecular weight is 433 g/mol. The van der Waals surface area contributed by atoms with Crippen LogP contribution in [0.15, 0.2) is 48.5 Å². The number of ether oxygens (including phenoxy) is 1. The maximum atomic E-state index is 12.3. The van der Waals surface area contributed by atoms with Crippen LogP contribution >= 0.6 is 12.4 Å². The largest absolute Gasteiger partial charge is 0.478 e. The summed E-state index contributed by atoms with van der Waals surface area (Å²) in [6.45, 7) is 4.31. The van der Waals surface area contributed by atoms with E-state index in [9.17, 15) is 9.59 Å². The second-order valence-corrected chi connectivity index (χ2v) is 7.76. The second-order valence-electron chi connectivity index (χ2n) is 7.76. The molecule has 0 bridgehead atoms. The minimum Gasteiger partial charge on any atom is -0.478 e. The van der Waals surface area contributed by atoms with Gasteiger partial charge >= 0.3 is 12.1 Å². The van der Waals surface area contributed by atoms with Gasteiger partial charge in [0.25, 0.3) is 0 Å². The Kier molecular flexibility index (Phi) is 8.26. The number of nitrogens with zero attached hydrogens (tertiary/aromatic N) is 1. The number of anilines is 1. The molecule has 1 unspecified atom stereocenters. The van der Waals surface area contributed by atoms with Gasteiger partial charge < -0.3 is 14.7 Å². The van der Waals surface area contributed by atoms with Crippen LogP contribution in [0.3, 0.4) is 0 Å². The smallest absolute Gasteiger partial charge is 0.417 e. The quantitative estimate of drug-likeness (QED) is 0.680. The van der Waals surface area contributed by atoms with Crippen LogP contribution in [-0.2, 0) is 5.41 Å². The molecular formula is C23H29ClN2O4. The van der Waals surface area contributed by atoms with Crippen LogP contribution in [0.5, 0.6) is 5.75 Å². The number of hydrogen-bond acceptors (Lipinski definition) is 4. The van der Waals surface area contributed by atoms with Crippen LogP contribution in [0.4, 0.5) is 10.5 Å². The van der Waals surface area contributed by atoms with Crippen molar-refractivity contribution in [2.75, 3.05) is 25.5 Å². The van der Waals surface area contributed by atoms with Crippen LogP contribution in [-0.4, -0.2) is 42.2 Å². The van der Waals surface area contributed by atoms with Gasteiger partial charge in [-0.25, -0.2) is 9.59 Å². The third-order valence-electron chi connectivity index (χ3n) is 5.71. The number of amides is 1. The van der Waals surface area contributed by atoms with Crippen molar-refractivity contribution in [1.82, 2.24) is 4.90 Å². The van der Waals surface area contributed by atoms with E-state index in [0.717, 1.165) is 25.9 Å². The summed E-state index contributed by atoms with van der Waals surface area (Å²) in [4.78, 5) is 25.8. The molecule has 0 radical (unpaired) electrons. The van der Waals surface area contributed by atoms with Crippen LogP contribution in [0, 0.1) is 0 Å². The van der Waals surface area contributed by atoms with Crippen LogP contribution < -0.4 is 10.1 Å². The number of nitrogens with one attached hydrogen (secondary N) is 1. The zero-order valence-corrected chi connectivity index (χ0v) is 18.2. The van der Waals surface area contributed by atoms with Gasteiger partial charge in [-0.05, 0) is 68.8 Å². The summed E-state index contributed by atoms with van der Waals surface area (Å²) in [5.74, 6) is -0.568. The molecule has 2 aromatic carbocycles. The number of carboxylic acids is 1. The molecule has 1 fully saturated rings. The van der Waals surface area contributed by atoms with Crippen LogP contribution in [0.25, 0.3) is 0 Å². The molecule has 162 valence electrons. The van der Waals surface area contributed by atoms with Crippen molar-refractivity contribution in [3.8, 4) is 5.75 Å². The van der Waals surface area contributed by atoms with E-state index >= 15 is 0 Å². The van der Waals surface area contributed by atoms with Gasteiger partial charge in [0.05, 0.1) is 5.56 Å². The van der Waals surface area contributed by atoms with E-state index in [1.54, 1.807) is 18.2 Å². The Morgan fingerprint density at radius 3 is 2.67 bits per heavy atom. The van der Waals surface area contributed by atoms with Crippen molar-refractivity contribution in [2.24, 2.45) is 0 Å². The van der Waals surface area contributed by atoms with E-state index in [2.05, 4.69) is 30.3 Å². The molecule has 0 spiro atoms. The zero-order chi connectivity index (χ0) is 20.9. The Morgan fingerprint density at radius 2 is 1.93 bits per heavy atom. The molecule has 1 saturated heterocycles. The van der Waals surface area contributed by atoms with E-state index in [-0.39, 0.29) is 23.4 Å². The lowest BCUT2D eigenvalue weighted by Gasteiger charge is -2.35. The fraction of sp³-hybridized carbons (Fsp3) is 0.391. The highest BCUT2D eigenvalue weighted by molar-refractivity contribution is 5.91. The van der Waals surface area contributed by atoms with E-state index in [1.165, 1.54) is 30.5 Å². The highest BCUT2D eigenvalue weighted by Gasteiger charge is 2.33. The number of carbonyl (C=O) groups is 2. The van der Waals surface area contributed by atoms with Gasteiger partial charge in [0.15, 0.2) is 0 Å². The molecule has 1 atom stereocenters. The van der Waals surface area contributed by atoms with Crippen molar-refractivity contribution >= 4 is 30.2 Å². The van der Waals surface area contributed by atoms with Crippen LogP contribution in [0.2, 0.25) is 0 Å². The molecular weight excluding hydrogens is 404 g/mol. The van der Waals surface area contributed by atoms with E-state index < -0.39 is 12.1 Å². The number of carbonyl (C=O) groups excluding carboxylic acids is 1. The number of likely N-dealkylation sites (tertiary alicyclic amines) is 1. The first-order valence-electron chi connectivity index (χ1n) is 10.0. The predicted molar refractivity (Wildman–Crippen MR) is 120 cm³/mol. The third kappa shape index (κ3) is 5.74. The highest BCUT2D eigenvalue weighted by Crippen LogP contribution is 2.37. The van der Waals surface area contributed by atoms with Gasteiger partial charge in [0, 0.05) is 17.6 Å². The maximum absolute atomic E-state index is 12.3. The van der Waals surface area contributed by atoms with Gasteiger partial charge in [-0.3, -0.25) is 5.32 Å². The molecule has 7 heteroatoms. The van der Waals surface area contributed by atoms with Gasteiger partial charge in [-0.15, -0.1) is 12.4 Å². The fourth-order valence-corrected chi connectivity index (χ4v) is 4.12. The molecule has 0 aromatic heterocycles. The molecule has 30 heavy (non-hydrogen) atoms. The van der Waals surface area contributed by atoms with E-state index in [4.69, 9.17) is 9.84 Å². The van der Waals surface area contributed by atoms with Crippen molar-refractivity contribution in [1.29, 1.82) is 0 Å². The summed E-state index contributed by atoms with van der Waals surface area (Å²) in [7, 11) is 2.16. The first-order chi connectivity index (χ1) is 13.9. The maximum Gasteiger partial charge on any atom is 0.417 e. The molecule has 6 nitrogen and oxygen atoms in total. The van der Waals surface area contributed by atoms with E-state index in [1.807, 2.05) is 12.1 Å². The number of hydrogen-bond donors (Lipinski definition) is 2. The molecule has 1 aliphatic heterocycles. The summed E-state index contributed by atoms with van der Waals surface area (Å²) in [5, 5.41) is 11.7. The lowest BCUT2D eigenvalue weighted by molar-refractivity contribution is 0.0697. The zero-order valence-electron chi connectivity index (χ0n) is 17.4. The predicted octanol–water partition coefficient (Wildman–Crippen LogP) is 5.18. The molecule has 0 saturated carbocycles. The van der Waals surface area contributed by atoms with E-state index in [0.29, 0.717) is 11.4 Å². The normalized spacial score (nSPS) is 19.3. The van der Waals surface area contributed by atoms with Crippen LogP contribution in [0.1, 0.15) is 48.5 Å². The van der Waals surface area contributed by atoms with Crippen molar-refractivity contribution in [3.05, 3.63) is 59.7 Å². The van der Waals surface area contributed by atoms with Gasteiger partial charge in [0.1, 0.15) is 5.75 Å². The SMILES string of the molecule is CCC1(c2cccc(OC(=O)Nc3cccc(C(=O)O)c3)c2)CCCCN(C)C1.Cl. The summed E-state index contributed by atoms with van der Waals surface area (Å²) >= 11 is 0. The number of halogens is 1. The first-order valence-corrected chi connectivity index (χ1v) is 10.0. The summed E-state index contributed by atoms with van der Waals surface area (Å²) in [6.07, 6.45) is 3.88. The Bertz CT molecular complexity index is 889. The minimum atomic E-state index is -1.05. The number of carboxylic acid groups (broad SMARTS) is 1. The number of benzene rings is 2. The topological polar surface area (TPSA) is 78.9 Å².